The molecule has 1 aromatic carbocycles. The van der Waals surface area contributed by atoms with Crippen LogP contribution in [-0.4, -0.2) is 19.9 Å². The second-order valence-electron chi connectivity index (χ2n) is 3.00. The number of nitrogens with two attached hydrogens (primary N) is 1. The van der Waals surface area contributed by atoms with Gasteiger partial charge in [-0.3, -0.25) is 0 Å². The highest BCUT2D eigenvalue weighted by Gasteiger charge is 2.03. The van der Waals surface area contributed by atoms with Crippen LogP contribution in [0.5, 0.6) is 0 Å². The van der Waals surface area contributed by atoms with E-state index in [1.54, 1.807) is 11.8 Å². The van der Waals surface area contributed by atoms with Gasteiger partial charge in [-0.05, 0) is 40.2 Å². The second-order valence-corrected chi connectivity index (χ2v) is 6.72. The lowest BCUT2D eigenvalue weighted by Gasteiger charge is -2.03. The minimum Gasteiger partial charge on any atom is -0.229 e. The third-order valence-electron chi connectivity index (χ3n) is 1.67. The Kier molecular flexibility index (Phi) is 5.11. The quantitative estimate of drug-likeness (QED) is 0.670. The SMILES string of the molecule is NS(=O)(=O)CCCSc1ccccc1Br. The molecule has 0 radical (unpaired) electrons. The van der Waals surface area contributed by atoms with Crippen molar-refractivity contribution in [1.82, 2.24) is 0 Å². The molecule has 2 N–H and O–H groups in total. The van der Waals surface area contributed by atoms with Gasteiger partial charge in [-0.25, -0.2) is 13.6 Å². The third-order valence-corrected chi connectivity index (χ3v) is 4.64. The molecule has 1 rings (SSSR count). The Balaban J connectivity index is 2.36. The number of sulfonamides is 1. The van der Waals surface area contributed by atoms with E-state index < -0.39 is 10.0 Å². The van der Waals surface area contributed by atoms with Crippen LogP contribution in [0.1, 0.15) is 6.42 Å². The molecule has 84 valence electrons. The van der Waals surface area contributed by atoms with Crippen molar-refractivity contribution in [1.29, 1.82) is 0 Å². The summed E-state index contributed by atoms with van der Waals surface area (Å²) in [6, 6.07) is 7.85. The molecule has 0 aromatic heterocycles. The van der Waals surface area contributed by atoms with Gasteiger partial charge in [-0.15, -0.1) is 11.8 Å². The largest absolute Gasteiger partial charge is 0.229 e. The van der Waals surface area contributed by atoms with Crippen LogP contribution in [-0.2, 0) is 10.0 Å². The molecule has 0 aliphatic rings. The molecule has 3 nitrogen and oxygen atoms in total. The molecule has 0 fully saturated rings. The Hall–Kier alpha value is -0.0400. The summed E-state index contributed by atoms with van der Waals surface area (Å²) in [5, 5.41) is 4.90. The summed E-state index contributed by atoms with van der Waals surface area (Å²) in [5.74, 6) is 0.795. The van der Waals surface area contributed by atoms with Crippen LogP contribution in [0.2, 0.25) is 0 Å². The first kappa shape index (κ1) is 13.0. The van der Waals surface area contributed by atoms with Gasteiger partial charge in [-0.2, -0.15) is 0 Å². The molecule has 0 heterocycles. The molecule has 0 bridgehead atoms. The predicted molar refractivity (Wildman–Crippen MR) is 67.5 cm³/mol. The molecule has 0 amide bonds. The minimum absolute atomic E-state index is 0.0461. The first-order valence-corrected chi connectivity index (χ1v) is 7.86. The Morgan fingerprint density at radius 3 is 2.60 bits per heavy atom. The van der Waals surface area contributed by atoms with Crippen molar-refractivity contribution in [2.75, 3.05) is 11.5 Å². The van der Waals surface area contributed by atoms with Crippen LogP contribution in [0.25, 0.3) is 0 Å². The maximum Gasteiger partial charge on any atom is 0.209 e. The first-order chi connectivity index (χ1) is 6.99. The number of hydrogen-bond acceptors (Lipinski definition) is 3. The molecule has 0 saturated carbocycles. The molecule has 0 saturated heterocycles. The van der Waals surface area contributed by atoms with Gasteiger partial charge in [-0.1, -0.05) is 12.1 Å². The maximum atomic E-state index is 10.7. The zero-order valence-electron chi connectivity index (χ0n) is 8.02. The zero-order chi connectivity index (χ0) is 11.3. The average molecular weight is 310 g/mol. The van der Waals surface area contributed by atoms with Crippen molar-refractivity contribution in [2.45, 2.75) is 11.3 Å². The molecule has 1 aromatic rings. The van der Waals surface area contributed by atoms with Gasteiger partial charge < -0.3 is 0 Å². The smallest absolute Gasteiger partial charge is 0.209 e. The fourth-order valence-electron chi connectivity index (χ4n) is 1.00. The Morgan fingerprint density at radius 2 is 2.00 bits per heavy atom. The van der Waals surface area contributed by atoms with Crippen LogP contribution in [0, 0.1) is 0 Å². The lowest BCUT2D eigenvalue weighted by molar-refractivity contribution is 0.596. The van der Waals surface area contributed by atoms with Gasteiger partial charge in [0, 0.05) is 9.37 Å². The summed E-state index contributed by atoms with van der Waals surface area (Å²) >= 11 is 5.04. The lowest BCUT2D eigenvalue weighted by Crippen LogP contribution is -2.16. The molecule has 0 unspecified atom stereocenters. The molecule has 0 atom stereocenters. The maximum absolute atomic E-state index is 10.7. The summed E-state index contributed by atoms with van der Waals surface area (Å²) in [6.07, 6.45) is 0.574. The van der Waals surface area contributed by atoms with Crippen molar-refractivity contribution in [3.8, 4) is 0 Å². The number of benzene rings is 1. The van der Waals surface area contributed by atoms with Gasteiger partial charge >= 0.3 is 0 Å². The van der Waals surface area contributed by atoms with Crippen LogP contribution in [0.15, 0.2) is 33.6 Å². The molecule has 0 aliphatic carbocycles. The minimum atomic E-state index is -3.31. The van der Waals surface area contributed by atoms with E-state index in [1.807, 2.05) is 24.3 Å². The zero-order valence-corrected chi connectivity index (χ0v) is 11.2. The van der Waals surface area contributed by atoms with Crippen molar-refractivity contribution in [2.24, 2.45) is 5.14 Å². The van der Waals surface area contributed by atoms with Crippen LogP contribution >= 0.6 is 27.7 Å². The fourth-order valence-corrected chi connectivity index (χ4v) is 3.25. The van der Waals surface area contributed by atoms with Gasteiger partial charge in [0.2, 0.25) is 10.0 Å². The number of primary sulfonamides is 1. The van der Waals surface area contributed by atoms with E-state index in [0.29, 0.717) is 6.42 Å². The number of halogens is 1. The van der Waals surface area contributed by atoms with Crippen LogP contribution < -0.4 is 5.14 Å². The Labute approximate surface area is 103 Å². The average Bonchev–Trinajstić information content (AvgIpc) is 2.13. The standard InChI is InChI=1S/C9H12BrNO2S2/c10-8-4-1-2-5-9(8)14-6-3-7-15(11,12)13/h1-2,4-5H,3,6-7H2,(H2,11,12,13). The normalized spacial score (nSPS) is 11.6. The van der Waals surface area contributed by atoms with E-state index in [1.165, 1.54) is 0 Å². The monoisotopic (exact) mass is 309 g/mol. The molecule has 15 heavy (non-hydrogen) atoms. The third kappa shape index (κ3) is 5.55. The topological polar surface area (TPSA) is 60.2 Å². The van der Waals surface area contributed by atoms with Crippen molar-refractivity contribution in [3.63, 3.8) is 0 Å². The molecular formula is C9H12BrNO2S2. The second kappa shape index (κ2) is 5.89. The van der Waals surface area contributed by atoms with E-state index in [9.17, 15) is 8.42 Å². The lowest BCUT2D eigenvalue weighted by atomic mass is 10.4. The molecule has 6 heteroatoms. The van der Waals surface area contributed by atoms with Crippen molar-refractivity contribution < 1.29 is 8.42 Å². The Morgan fingerprint density at radius 1 is 1.33 bits per heavy atom. The summed E-state index contributed by atoms with van der Waals surface area (Å²) in [7, 11) is -3.31. The van der Waals surface area contributed by atoms with Crippen LogP contribution in [0.3, 0.4) is 0 Å². The van der Waals surface area contributed by atoms with Gasteiger partial charge in [0.25, 0.3) is 0 Å². The van der Waals surface area contributed by atoms with Crippen molar-refractivity contribution in [3.05, 3.63) is 28.7 Å². The van der Waals surface area contributed by atoms with E-state index >= 15 is 0 Å². The molecule has 0 aliphatic heterocycles. The summed E-state index contributed by atoms with van der Waals surface area (Å²) < 4.78 is 22.4. The van der Waals surface area contributed by atoms with E-state index in [0.717, 1.165) is 15.1 Å². The summed E-state index contributed by atoms with van der Waals surface area (Å²) in [5.41, 5.74) is 0. The summed E-state index contributed by atoms with van der Waals surface area (Å²) in [4.78, 5) is 1.12. The number of rotatable bonds is 5. The van der Waals surface area contributed by atoms with E-state index in [4.69, 9.17) is 5.14 Å². The highest BCUT2D eigenvalue weighted by Crippen LogP contribution is 2.27. The van der Waals surface area contributed by atoms with Gasteiger partial charge in [0.05, 0.1) is 5.75 Å². The molecular weight excluding hydrogens is 298 g/mol. The summed E-state index contributed by atoms with van der Waals surface area (Å²) in [6.45, 7) is 0. The number of hydrogen-bond donors (Lipinski definition) is 1. The molecule has 0 spiro atoms. The highest BCUT2D eigenvalue weighted by atomic mass is 79.9. The van der Waals surface area contributed by atoms with Crippen LogP contribution in [0.4, 0.5) is 0 Å². The fraction of sp³-hybridized carbons (Fsp3) is 0.333. The first-order valence-electron chi connectivity index (χ1n) is 4.37. The van der Waals surface area contributed by atoms with Crippen molar-refractivity contribution >= 4 is 37.7 Å². The van der Waals surface area contributed by atoms with E-state index in [-0.39, 0.29) is 5.75 Å². The van der Waals surface area contributed by atoms with Gasteiger partial charge in [0.15, 0.2) is 0 Å². The number of thioether (sulfide) groups is 1. The van der Waals surface area contributed by atoms with E-state index in [2.05, 4.69) is 15.9 Å². The van der Waals surface area contributed by atoms with Gasteiger partial charge in [0.1, 0.15) is 0 Å². The highest BCUT2D eigenvalue weighted by molar-refractivity contribution is 9.10. The predicted octanol–water partition coefficient (Wildman–Crippen LogP) is 2.22. The Bertz CT molecular complexity index is 420.